The highest BCUT2D eigenvalue weighted by Crippen LogP contribution is 2.31. The number of para-hydroxylation sites is 1. The average molecular weight is 539 g/mol. The van der Waals surface area contributed by atoms with E-state index in [1.54, 1.807) is 52.9 Å². The lowest BCUT2D eigenvalue weighted by Gasteiger charge is -2.28. The van der Waals surface area contributed by atoms with E-state index in [9.17, 15) is 14.7 Å². The Morgan fingerprint density at radius 3 is 2.27 bits per heavy atom. The molecule has 192 valence electrons. The topological polar surface area (TPSA) is 80.4 Å². The molecular weight excluding hydrogens is 511 g/mol. The number of nitrogens with zero attached hydrogens (tertiary/aromatic N) is 4. The maximum absolute atomic E-state index is 13.4. The molecule has 0 amide bonds. The zero-order valence-electron chi connectivity index (χ0n) is 20.6. The molecule has 0 aliphatic carbocycles. The highest BCUT2D eigenvalue weighted by Gasteiger charge is 2.27. The van der Waals surface area contributed by atoms with Crippen molar-refractivity contribution in [2.45, 2.75) is 38.8 Å². The van der Waals surface area contributed by atoms with Gasteiger partial charge >= 0.3 is 11.7 Å². The summed E-state index contributed by atoms with van der Waals surface area (Å²) in [6.45, 7) is 2.43. The summed E-state index contributed by atoms with van der Waals surface area (Å²) in [6.07, 6.45) is 2.55. The van der Waals surface area contributed by atoms with Crippen molar-refractivity contribution in [3.8, 4) is 5.69 Å². The van der Waals surface area contributed by atoms with Crippen LogP contribution in [0.5, 0.6) is 0 Å². The molecule has 0 aliphatic heterocycles. The number of halogens is 2. The molecule has 37 heavy (non-hydrogen) atoms. The monoisotopic (exact) mass is 538 g/mol. The minimum absolute atomic E-state index is 0.259. The molecule has 4 aromatic rings. The van der Waals surface area contributed by atoms with E-state index in [4.69, 9.17) is 23.2 Å². The number of carbonyl (C=O) groups is 1. The number of carboxylic acid groups (broad SMARTS) is 1. The number of benzene rings is 3. The molecule has 1 unspecified atom stereocenters. The van der Waals surface area contributed by atoms with Crippen molar-refractivity contribution in [2.24, 2.45) is 0 Å². The number of hydrogen-bond donors (Lipinski definition) is 1. The van der Waals surface area contributed by atoms with Gasteiger partial charge in [-0.1, -0.05) is 79.0 Å². The van der Waals surface area contributed by atoms with Crippen molar-refractivity contribution >= 4 is 34.9 Å². The Labute approximate surface area is 225 Å². The number of aliphatic carboxylic acids is 1. The highest BCUT2D eigenvalue weighted by atomic mass is 35.5. The first-order valence-electron chi connectivity index (χ1n) is 12.0. The summed E-state index contributed by atoms with van der Waals surface area (Å²) in [4.78, 5) is 27.1. The summed E-state index contributed by atoms with van der Waals surface area (Å²) >= 11 is 12.6. The van der Waals surface area contributed by atoms with Crippen LogP contribution in [0.25, 0.3) is 5.69 Å². The summed E-state index contributed by atoms with van der Waals surface area (Å²) in [5, 5.41) is 15.4. The molecule has 4 rings (SSSR count). The molecule has 0 bridgehead atoms. The van der Waals surface area contributed by atoms with Gasteiger partial charge in [-0.15, -0.1) is 5.10 Å². The van der Waals surface area contributed by atoms with E-state index in [0.717, 1.165) is 18.4 Å². The number of aryl methyl sites for hydroxylation is 1. The van der Waals surface area contributed by atoms with Crippen molar-refractivity contribution < 1.29 is 9.90 Å². The third kappa shape index (κ3) is 5.73. The van der Waals surface area contributed by atoms with E-state index < -0.39 is 12.0 Å². The van der Waals surface area contributed by atoms with Crippen molar-refractivity contribution in [1.29, 1.82) is 0 Å². The van der Waals surface area contributed by atoms with Crippen molar-refractivity contribution in [1.82, 2.24) is 14.3 Å². The smallest absolute Gasteiger partial charge is 0.351 e. The van der Waals surface area contributed by atoms with Gasteiger partial charge in [0.25, 0.3) is 0 Å². The van der Waals surface area contributed by atoms with Crippen LogP contribution < -0.4 is 10.6 Å². The second-order valence-electron chi connectivity index (χ2n) is 8.79. The van der Waals surface area contributed by atoms with E-state index in [2.05, 4.69) is 12.0 Å². The molecule has 1 heterocycles. The number of aromatic nitrogens is 3. The Bertz CT molecular complexity index is 1450. The maximum Gasteiger partial charge on any atom is 0.351 e. The Balaban J connectivity index is 1.63. The summed E-state index contributed by atoms with van der Waals surface area (Å²) < 4.78 is 3.03. The van der Waals surface area contributed by atoms with Crippen LogP contribution in [0, 0.1) is 0 Å². The second-order valence-corrected chi connectivity index (χ2v) is 9.61. The van der Waals surface area contributed by atoms with Gasteiger partial charge in [-0.2, -0.15) is 4.68 Å². The molecule has 0 fully saturated rings. The first-order chi connectivity index (χ1) is 17.8. The van der Waals surface area contributed by atoms with Gasteiger partial charge in [0.05, 0.1) is 17.3 Å². The van der Waals surface area contributed by atoms with Crippen molar-refractivity contribution in [3.05, 3.63) is 110 Å². The van der Waals surface area contributed by atoms with Gasteiger partial charge in [-0.05, 0) is 42.3 Å². The summed E-state index contributed by atoms with van der Waals surface area (Å²) in [5.41, 5.74) is 2.40. The number of carboxylic acids is 1. The molecule has 0 aliphatic rings. The van der Waals surface area contributed by atoms with Gasteiger partial charge in [-0.3, -0.25) is 4.57 Å². The number of anilines is 1. The molecule has 0 saturated heterocycles. The third-order valence-corrected chi connectivity index (χ3v) is 6.94. The van der Waals surface area contributed by atoms with E-state index in [-0.39, 0.29) is 5.69 Å². The quantitative estimate of drug-likeness (QED) is 0.268. The van der Waals surface area contributed by atoms with E-state index in [1.165, 1.54) is 4.68 Å². The van der Waals surface area contributed by atoms with Crippen molar-refractivity contribution in [2.75, 3.05) is 11.9 Å². The van der Waals surface area contributed by atoms with Gasteiger partial charge < -0.3 is 10.0 Å². The second kappa shape index (κ2) is 11.7. The third-order valence-electron chi connectivity index (χ3n) is 6.28. The minimum atomic E-state index is -1.00. The Morgan fingerprint density at radius 1 is 1.00 bits per heavy atom. The first kappa shape index (κ1) is 26.5. The standard InChI is InChI=1S/C28H28Cl2N4O3/c1-3-4-13-25-31-34(24-12-8-7-11-23(24)30)28(37)33(25)18-19-14-16-20(17-15-19)32(2)26(27(35)36)21-9-5-6-10-22(21)29/h5-12,14-17,26H,3-4,13,18H2,1-2H3,(H,35,36). The summed E-state index contributed by atoms with van der Waals surface area (Å²) in [6, 6.07) is 20.6. The van der Waals surface area contributed by atoms with Crippen LogP contribution in [0.3, 0.4) is 0 Å². The minimum Gasteiger partial charge on any atom is -0.479 e. The molecule has 1 atom stereocenters. The predicted octanol–water partition coefficient (Wildman–Crippen LogP) is 5.99. The number of likely N-dealkylation sites (N-methyl/N-ethyl adjacent to an activating group) is 1. The molecule has 1 aromatic heterocycles. The summed E-state index contributed by atoms with van der Waals surface area (Å²) in [5.74, 6) is -0.309. The molecular formula is C28H28Cl2N4O3. The SMILES string of the molecule is CCCCc1nn(-c2ccccc2Cl)c(=O)n1Cc1ccc(N(C)C(C(=O)O)c2ccccc2Cl)cc1. The Morgan fingerprint density at radius 2 is 1.65 bits per heavy atom. The predicted molar refractivity (Wildman–Crippen MR) is 147 cm³/mol. The fourth-order valence-electron chi connectivity index (χ4n) is 4.27. The largest absolute Gasteiger partial charge is 0.479 e. The van der Waals surface area contributed by atoms with Gasteiger partial charge in [0, 0.05) is 29.7 Å². The Kier molecular flexibility index (Phi) is 8.36. The number of hydrogen-bond acceptors (Lipinski definition) is 4. The van der Waals surface area contributed by atoms with Crippen LogP contribution in [0.2, 0.25) is 10.0 Å². The zero-order chi connectivity index (χ0) is 26.5. The lowest BCUT2D eigenvalue weighted by atomic mass is 10.0. The van der Waals surface area contributed by atoms with Crippen LogP contribution in [-0.2, 0) is 17.8 Å². The fourth-order valence-corrected chi connectivity index (χ4v) is 4.72. The lowest BCUT2D eigenvalue weighted by Crippen LogP contribution is -2.31. The van der Waals surface area contributed by atoms with Crippen LogP contribution in [0.4, 0.5) is 5.69 Å². The highest BCUT2D eigenvalue weighted by molar-refractivity contribution is 6.32. The molecule has 3 aromatic carbocycles. The first-order valence-corrected chi connectivity index (χ1v) is 12.8. The van der Waals surface area contributed by atoms with E-state index >= 15 is 0 Å². The van der Waals surface area contributed by atoms with E-state index in [1.807, 2.05) is 36.4 Å². The van der Waals surface area contributed by atoms with Gasteiger partial charge in [0.2, 0.25) is 0 Å². The Hall–Kier alpha value is -3.55. The number of unbranched alkanes of at least 4 members (excludes halogenated alkanes) is 1. The van der Waals surface area contributed by atoms with Gasteiger partial charge in [-0.25, -0.2) is 9.59 Å². The van der Waals surface area contributed by atoms with Crippen LogP contribution in [0.15, 0.2) is 77.6 Å². The molecule has 7 nitrogen and oxygen atoms in total. The maximum atomic E-state index is 13.4. The molecule has 0 radical (unpaired) electrons. The van der Waals surface area contributed by atoms with Gasteiger partial charge in [0.1, 0.15) is 5.82 Å². The average Bonchev–Trinajstić information content (AvgIpc) is 3.19. The van der Waals surface area contributed by atoms with Crippen LogP contribution >= 0.6 is 23.2 Å². The molecule has 0 saturated carbocycles. The van der Waals surface area contributed by atoms with Crippen LogP contribution in [0.1, 0.15) is 42.8 Å². The van der Waals surface area contributed by atoms with Gasteiger partial charge in [0.15, 0.2) is 6.04 Å². The lowest BCUT2D eigenvalue weighted by molar-refractivity contribution is -0.138. The molecule has 0 spiro atoms. The van der Waals surface area contributed by atoms with Crippen LogP contribution in [-0.4, -0.2) is 32.5 Å². The normalized spacial score (nSPS) is 11.9. The zero-order valence-corrected chi connectivity index (χ0v) is 22.2. The summed E-state index contributed by atoms with van der Waals surface area (Å²) in [7, 11) is 1.72. The van der Waals surface area contributed by atoms with Crippen molar-refractivity contribution in [3.63, 3.8) is 0 Å². The van der Waals surface area contributed by atoms with E-state index in [0.29, 0.717) is 45.8 Å². The molecule has 9 heteroatoms. The molecule has 1 N–H and O–H groups in total. The fraction of sp³-hybridized carbons (Fsp3) is 0.250. The number of rotatable bonds is 10.